The Morgan fingerprint density at radius 3 is 2.72 bits per heavy atom. The summed E-state index contributed by atoms with van der Waals surface area (Å²) in [4.78, 5) is 30.8. The molecule has 0 atom stereocenters. The lowest BCUT2D eigenvalue weighted by Gasteiger charge is -2.14. The lowest BCUT2D eigenvalue weighted by molar-refractivity contribution is 0.0948. The molecule has 2 N–H and O–H groups in total. The Kier molecular flexibility index (Phi) is 6.13. The van der Waals surface area contributed by atoms with E-state index in [1.807, 2.05) is 31.2 Å². The molecule has 0 unspecified atom stereocenters. The highest BCUT2D eigenvalue weighted by Gasteiger charge is 2.17. The first-order valence-corrected chi connectivity index (χ1v) is 10.4. The lowest BCUT2D eigenvalue weighted by Crippen LogP contribution is -2.35. The first-order chi connectivity index (χ1) is 15.5. The highest BCUT2D eigenvalue weighted by atomic mass is 16.5. The summed E-state index contributed by atoms with van der Waals surface area (Å²) >= 11 is 0. The Morgan fingerprint density at radius 1 is 1.19 bits per heavy atom. The number of ether oxygens (including phenoxy) is 1. The van der Waals surface area contributed by atoms with Gasteiger partial charge in [0.15, 0.2) is 0 Å². The van der Waals surface area contributed by atoms with E-state index in [9.17, 15) is 9.59 Å². The molecule has 0 saturated heterocycles. The molecule has 0 bridgehead atoms. The van der Waals surface area contributed by atoms with Crippen molar-refractivity contribution in [2.75, 3.05) is 13.7 Å². The number of carbonyl (C=O) groups is 1. The summed E-state index contributed by atoms with van der Waals surface area (Å²) in [5.74, 6) is -0.407. The Balaban J connectivity index is 1.80. The minimum absolute atomic E-state index is 0.0159. The number of carbonyl (C=O) groups excluding carboxylic acids is 1. The van der Waals surface area contributed by atoms with Crippen molar-refractivity contribution in [2.45, 2.75) is 26.4 Å². The van der Waals surface area contributed by atoms with Crippen LogP contribution in [0, 0.1) is 12.3 Å². The first kappa shape index (κ1) is 21.5. The number of aryl methyl sites for hydroxylation is 2. The standard InChI is InChI=1S/C24H25N5O3/c1-16-7-9-17(10-8-16)15-26-23(30)18-14-19-22(29(21(18)25)12-5-13-32-2)27-20-6-3-4-11-28(20)24(19)31/h3-4,6-11,14,25H,5,12-13,15H2,1-2H3,(H,26,30). The van der Waals surface area contributed by atoms with E-state index >= 15 is 0 Å². The quantitative estimate of drug-likeness (QED) is 0.347. The Hall–Kier alpha value is -3.78. The van der Waals surface area contributed by atoms with Crippen molar-refractivity contribution in [1.82, 2.24) is 19.3 Å². The second-order valence-electron chi connectivity index (χ2n) is 7.66. The zero-order valence-electron chi connectivity index (χ0n) is 18.1. The third-order valence-corrected chi connectivity index (χ3v) is 5.37. The van der Waals surface area contributed by atoms with Gasteiger partial charge >= 0.3 is 0 Å². The zero-order valence-corrected chi connectivity index (χ0v) is 18.1. The van der Waals surface area contributed by atoms with Crippen molar-refractivity contribution in [3.8, 4) is 0 Å². The van der Waals surface area contributed by atoms with Crippen LogP contribution >= 0.6 is 0 Å². The molecule has 1 amide bonds. The van der Waals surface area contributed by atoms with E-state index in [-0.39, 0.29) is 16.6 Å². The summed E-state index contributed by atoms with van der Waals surface area (Å²) < 4.78 is 8.20. The van der Waals surface area contributed by atoms with Gasteiger partial charge in [0.25, 0.3) is 11.5 Å². The molecular formula is C24H25N5O3. The van der Waals surface area contributed by atoms with Crippen molar-refractivity contribution in [3.05, 3.63) is 87.3 Å². The third kappa shape index (κ3) is 4.17. The lowest BCUT2D eigenvalue weighted by atomic mass is 10.1. The summed E-state index contributed by atoms with van der Waals surface area (Å²) in [5.41, 5.74) is 2.84. The summed E-state index contributed by atoms with van der Waals surface area (Å²) in [6, 6.07) is 14.6. The van der Waals surface area contributed by atoms with Crippen LogP contribution in [-0.4, -0.2) is 33.6 Å². The van der Waals surface area contributed by atoms with Crippen molar-refractivity contribution in [2.24, 2.45) is 0 Å². The maximum absolute atomic E-state index is 13.2. The molecular weight excluding hydrogens is 406 g/mol. The van der Waals surface area contributed by atoms with Crippen LogP contribution in [0.4, 0.5) is 0 Å². The van der Waals surface area contributed by atoms with Crippen LogP contribution in [0.5, 0.6) is 0 Å². The molecule has 0 aliphatic rings. The van der Waals surface area contributed by atoms with Gasteiger partial charge in [0.1, 0.15) is 16.8 Å². The molecule has 0 spiro atoms. The van der Waals surface area contributed by atoms with Crippen LogP contribution in [-0.2, 0) is 17.8 Å². The normalized spacial score (nSPS) is 11.2. The molecule has 8 nitrogen and oxygen atoms in total. The molecule has 164 valence electrons. The van der Waals surface area contributed by atoms with E-state index in [0.717, 1.165) is 11.1 Å². The van der Waals surface area contributed by atoms with Gasteiger partial charge in [-0.2, -0.15) is 0 Å². The molecule has 0 aliphatic heterocycles. The summed E-state index contributed by atoms with van der Waals surface area (Å²) in [5, 5.41) is 11.9. The maximum atomic E-state index is 13.2. The van der Waals surface area contributed by atoms with Gasteiger partial charge in [-0.15, -0.1) is 0 Å². The van der Waals surface area contributed by atoms with Crippen LogP contribution in [0.2, 0.25) is 0 Å². The topological polar surface area (TPSA) is 101 Å². The predicted molar refractivity (Wildman–Crippen MR) is 122 cm³/mol. The van der Waals surface area contributed by atoms with Crippen molar-refractivity contribution < 1.29 is 9.53 Å². The van der Waals surface area contributed by atoms with Crippen molar-refractivity contribution in [3.63, 3.8) is 0 Å². The predicted octanol–water partition coefficient (Wildman–Crippen LogP) is 2.40. The van der Waals surface area contributed by atoms with E-state index in [0.29, 0.717) is 42.8 Å². The molecule has 4 rings (SSSR count). The van der Waals surface area contributed by atoms with Gasteiger partial charge in [0.2, 0.25) is 0 Å². The van der Waals surface area contributed by atoms with Gasteiger partial charge in [-0.3, -0.25) is 19.4 Å². The van der Waals surface area contributed by atoms with Gasteiger partial charge in [-0.25, -0.2) is 4.98 Å². The van der Waals surface area contributed by atoms with Crippen LogP contribution in [0.15, 0.2) is 59.5 Å². The second-order valence-corrected chi connectivity index (χ2v) is 7.66. The summed E-state index contributed by atoms with van der Waals surface area (Å²) in [7, 11) is 1.61. The number of methoxy groups -OCH3 is 1. The Morgan fingerprint density at radius 2 is 1.97 bits per heavy atom. The maximum Gasteiger partial charge on any atom is 0.267 e. The van der Waals surface area contributed by atoms with Gasteiger partial charge in [-0.1, -0.05) is 35.9 Å². The number of pyridine rings is 2. The Labute approximate surface area is 184 Å². The molecule has 3 aromatic heterocycles. The number of aromatic nitrogens is 3. The van der Waals surface area contributed by atoms with Crippen LogP contribution in [0.25, 0.3) is 16.7 Å². The molecule has 32 heavy (non-hydrogen) atoms. The molecule has 8 heteroatoms. The minimum atomic E-state index is -0.407. The van der Waals surface area contributed by atoms with Crippen LogP contribution in [0.3, 0.4) is 0 Å². The van der Waals surface area contributed by atoms with Crippen LogP contribution < -0.4 is 16.4 Å². The molecule has 1 aromatic carbocycles. The second kappa shape index (κ2) is 9.15. The van der Waals surface area contributed by atoms with Crippen LogP contribution in [0.1, 0.15) is 27.9 Å². The molecule has 4 aromatic rings. The average molecular weight is 431 g/mol. The summed E-state index contributed by atoms with van der Waals surface area (Å²) in [6.45, 7) is 3.22. The Bertz CT molecular complexity index is 1400. The van der Waals surface area contributed by atoms with E-state index in [1.54, 1.807) is 36.1 Å². The minimum Gasteiger partial charge on any atom is -0.385 e. The molecule has 0 saturated carbocycles. The van der Waals surface area contributed by atoms with Gasteiger partial charge in [0.05, 0.1) is 10.9 Å². The van der Waals surface area contributed by atoms with Gasteiger partial charge < -0.3 is 14.6 Å². The number of nitrogens with zero attached hydrogens (tertiary/aromatic N) is 3. The summed E-state index contributed by atoms with van der Waals surface area (Å²) in [6.07, 6.45) is 2.26. The van der Waals surface area contributed by atoms with Gasteiger partial charge in [0, 0.05) is 33.0 Å². The van der Waals surface area contributed by atoms with Crippen molar-refractivity contribution >= 4 is 22.6 Å². The number of hydrogen-bond acceptors (Lipinski definition) is 5. The molecule has 0 aliphatic carbocycles. The van der Waals surface area contributed by atoms with E-state index in [1.165, 1.54) is 10.5 Å². The fourth-order valence-corrected chi connectivity index (χ4v) is 3.63. The first-order valence-electron chi connectivity index (χ1n) is 10.4. The number of amides is 1. The van der Waals surface area contributed by atoms with E-state index < -0.39 is 5.91 Å². The molecule has 0 radical (unpaired) electrons. The van der Waals surface area contributed by atoms with E-state index in [2.05, 4.69) is 10.3 Å². The smallest absolute Gasteiger partial charge is 0.267 e. The fourth-order valence-electron chi connectivity index (χ4n) is 3.63. The number of benzene rings is 1. The monoisotopic (exact) mass is 431 g/mol. The number of fused-ring (bicyclic) bond motifs is 2. The zero-order chi connectivity index (χ0) is 22.7. The SMILES string of the molecule is COCCCn1c(=N)c(C(=O)NCc2ccc(C)cc2)cc2c(=O)n3ccccc3nc21. The third-order valence-electron chi connectivity index (χ3n) is 5.37. The number of nitrogens with one attached hydrogen (secondary N) is 2. The highest BCUT2D eigenvalue weighted by Crippen LogP contribution is 2.11. The number of rotatable bonds is 7. The number of hydrogen-bond donors (Lipinski definition) is 2. The molecule has 3 heterocycles. The largest absolute Gasteiger partial charge is 0.385 e. The van der Waals surface area contributed by atoms with Gasteiger partial charge in [-0.05, 0) is 37.1 Å². The van der Waals surface area contributed by atoms with E-state index in [4.69, 9.17) is 10.1 Å². The van der Waals surface area contributed by atoms with Crippen molar-refractivity contribution in [1.29, 1.82) is 5.41 Å². The molecule has 0 fully saturated rings. The average Bonchev–Trinajstić information content (AvgIpc) is 2.80. The highest BCUT2D eigenvalue weighted by molar-refractivity contribution is 5.96. The fraction of sp³-hybridized carbons (Fsp3) is 0.250.